The summed E-state index contributed by atoms with van der Waals surface area (Å²) < 4.78 is 1.93. The van der Waals surface area contributed by atoms with Crippen LogP contribution in [0.15, 0.2) is 24.3 Å². The number of aryl methyl sites for hydroxylation is 2. The average Bonchev–Trinajstić information content (AvgIpc) is 3.65. The van der Waals surface area contributed by atoms with Gasteiger partial charge in [-0.3, -0.25) is 9.69 Å². The van der Waals surface area contributed by atoms with Gasteiger partial charge in [0.25, 0.3) is 0 Å². The lowest BCUT2D eigenvalue weighted by molar-refractivity contribution is -0.136. The molecule has 41 heavy (non-hydrogen) atoms. The first kappa shape index (κ1) is 27.6. The lowest BCUT2D eigenvalue weighted by Gasteiger charge is -2.39. The number of likely N-dealkylation sites (tertiary alicyclic amines) is 1. The third-order valence-electron chi connectivity index (χ3n) is 8.10. The van der Waals surface area contributed by atoms with Crippen LogP contribution in [-0.4, -0.2) is 88.2 Å². The standard InChI is InChI=1S/C29H35N9OS2/c1-5-22-26(35(4)27-32-25(23(16-30)40-27)20-11-9-19(2)10-12-20)38-28(31-22)41-29(33-38)37-13-6-8-21(17-37)34(3)18-24(39)36-14-7-15-36/h9-12,21H,5-8,13-15,17-18H2,1-4H3. The normalized spacial score (nSPS) is 17.2. The highest BCUT2D eigenvalue weighted by Gasteiger charge is 2.30. The molecule has 0 aliphatic carbocycles. The first-order chi connectivity index (χ1) is 19.9. The number of carbonyl (C=O) groups excluding carboxylic acids is 1. The van der Waals surface area contributed by atoms with Crippen LogP contribution in [0.5, 0.6) is 0 Å². The van der Waals surface area contributed by atoms with E-state index in [2.05, 4.69) is 29.8 Å². The Kier molecular flexibility index (Phi) is 7.68. The van der Waals surface area contributed by atoms with Gasteiger partial charge in [-0.15, -0.1) is 5.10 Å². The van der Waals surface area contributed by atoms with Gasteiger partial charge in [0.15, 0.2) is 10.9 Å². The van der Waals surface area contributed by atoms with Crippen LogP contribution in [0.1, 0.15) is 42.3 Å². The number of fused-ring (bicyclic) bond motifs is 1. The second kappa shape index (κ2) is 11.4. The molecule has 6 rings (SSSR count). The van der Waals surface area contributed by atoms with Crippen molar-refractivity contribution in [3.8, 4) is 17.3 Å². The zero-order valence-electron chi connectivity index (χ0n) is 24.0. The van der Waals surface area contributed by atoms with E-state index in [1.807, 2.05) is 52.6 Å². The summed E-state index contributed by atoms with van der Waals surface area (Å²) >= 11 is 2.98. The second-order valence-electron chi connectivity index (χ2n) is 10.9. The molecule has 2 aliphatic rings. The van der Waals surface area contributed by atoms with Gasteiger partial charge in [-0.05, 0) is 39.7 Å². The highest BCUT2D eigenvalue weighted by atomic mass is 32.1. The Bertz CT molecular complexity index is 1590. The maximum Gasteiger partial charge on any atom is 0.236 e. The molecular weight excluding hydrogens is 555 g/mol. The molecule has 1 unspecified atom stereocenters. The number of amides is 1. The van der Waals surface area contributed by atoms with E-state index < -0.39 is 0 Å². The third-order valence-corrected chi connectivity index (χ3v) is 10.1. The van der Waals surface area contributed by atoms with Crippen LogP contribution in [0, 0.1) is 18.3 Å². The molecule has 10 nitrogen and oxygen atoms in total. The van der Waals surface area contributed by atoms with Gasteiger partial charge >= 0.3 is 0 Å². The van der Waals surface area contributed by atoms with Gasteiger partial charge < -0.3 is 14.7 Å². The Morgan fingerprint density at radius 3 is 2.59 bits per heavy atom. The molecule has 1 atom stereocenters. The number of piperidine rings is 1. The van der Waals surface area contributed by atoms with Crippen LogP contribution >= 0.6 is 22.7 Å². The molecular formula is C29H35N9OS2. The van der Waals surface area contributed by atoms with Crippen LogP contribution in [0.25, 0.3) is 16.2 Å². The van der Waals surface area contributed by atoms with Crippen LogP contribution < -0.4 is 9.80 Å². The van der Waals surface area contributed by atoms with Crippen LogP contribution in [0.3, 0.4) is 0 Å². The van der Waals surface area contributed by atoms with Crippen LogP contribution in [0.2, 0.25) is 0 Å². The molecule has 12 heteroatoms. The van der Waals surface area contributed by atoms with Gasteiger partial charge in [-0.2, -0.15) is 9.78 Å². The molecule has 1 amide bonds. The van der Waals surface area contributed by atoms with Crippen molar-refractivity contribution >= 4 is 49.6 Å². The Balaban J connectivity index is 1.25. The van der Waals surface area contributed by atoms with Crippen LogP contribution in [0.4, 0.5) is 16.1 Å². The van der Waals surface area contributed by atoms with E-state index >= 15 is 0 Å². The number of hydrogen-bond acceptors (Lipinski definition) is 10. The maximum absolute atomic E-state index is 12.5. The smallest absolute Gasteiger partial charge is 0.236 e. The highest BCUT2D eigenvalue weighted by Crippen LogP contribution is 2.38. The number of likely N-dealkylation sites (N-methyl/N-ethyl adjacent to an activating group) is 1. The summed E-state index contributed by atoms with van der Waals surface area (Å²) in [7, 11) is 4.04. The first-order valence-corrected chi connectivity index (χ1v) is 15.8. The summed E-state index contributed by atoms with van der Waals surface area (Å²) in [5.74, 6) is 1.11. The number of aromatic nitrogens is 4. The monoisotopic (exact) mass is 589 g/mol. The third kappa shape index (κ3) is 5.29. The molecule has 4 aromatic rings. The summed E-state index contributed by atoms with van der Waals surface area (Å²) in [6.45, 7) is 8.17. The summed E-state index contributed by atoms with van der Waals surface area (Å²) in [6, 6.07) is 10.8. The van der Waals surface area contributed by atoms with Gasteiger partial charge in [-0.25, -0.2) is 9.97 Å². The lowest BCUT2D eigenvalue weighted by atomic mass is 10.0. The number of anilines is 3. The van der Waals surface area contributed by atoms with Crippen molar-refractivity contribution in [2.75, 3.05) is 56.6 Å². The molecule has 0 radical (unpaired) electrons. The van der Waals surface area contributed by atoms with Crippen molar-refractivity contribution in [1.29, 1.82) is 5.26 Å². The number of hydrogen-bond donors (Lipinski definition) is 0. The van der Waals surface area contributed by atoms with E-state index in [1.165, 1.54) is 16.9 Å². The highest BCUT2D eigenvalue weighted by molar-refractivity contribution is 7.20. The van der Waals surface area contributed by atoms with E-state index in [0.29, 0.717) is 23.2 Å². The zero-order valence-corrected chi connectivity index (χ0v) is 25.6. The van der Waals surface area contributed by atoms with E-state index in [9.17, 15) is 10.1 Å². The number of carbonyl (C=O) groups is 1. The van der Waals surface area contributed by atoms with Crippen molar-refractivity contribution in [2.45, 2.75) is 45.6 Å². The van der Waals surface area contributed by atoms with Gasteiger partial charge in [0, 0.05) is 44.8 Å². The number of benzene rings is 1. The summed E-state index contributed by atoms with van der Waals surface area (Å²) in [4.78, 5) is 32.3. The van der Waals surface area contributed by atoms with Gasteiger partial charge in [0.05, 0.1) is 12.2 Å². The second-order valence-corrected chi connectivity index (χ2v) is 12.8. The van der Waals surface area contributed by atoms with Crippen LogP contribution in [-0.2, 0) is 11.2 Å². The molecule has 3 aromatic heterocycles. The number of imidazole rings is 1. The average molecular weight is 590 g/mol. The van der Waals surface area contributed by atoms with Crippen molar-refractivity contribution in [1.82, 2.24) is 29.4 Å². The minimum absolute atomic E-state index is 0.232. The minimum Gasteiger partial charge on any atom is -0.345 e. The summed E-state index contributed by atoms with van der Waals surface area (Å²) in [6.07, 6.45) is 4.00. The molecule has 0 bridgehead atoms. The Labute approximate surface area is 248 Å². The van der Waals surface area contributed by atoms with E-state index in [-0.39, 0.29) is 5.91 Å². The van der Waals surface area contributed by atoms with Gasteiger partial charge in [0.1, 0.15) is 16.6 Å². The van der Waals surface area contributed by atoms with Crippen molar-refractivity contribution in [2.24, 2.45) is 0 Å². The topological polar surface area (TPSA) is 96.9 Å². The van der Waals surface area contributed by atoms with Crippen molar-refractivity contribution < 1.29 is 4.79 Å². The summed E-state index contributed by atoms with van der Waals surface area (Å²) in [5, 5.41) is 16.6. The molecule has 2 saturated heterocycles. The quantitative estimate of drug-likeness (QED) is 0.295. The molecule has 1 aromatic carbocycles. The Morgan fingerprint density at radius 2 is 1.90 bits per heavy atom. The molecule has 5 heterocycles. The minimum atomic E-state index is 0.232. The first-order valence-electron chi connectivity index (χ1n) is 14.2. The molecule has 0 saturated carbocycles. The van der Waals surface area contributed by atoms with E-state index in [1.54, 1.807) is 11.3 Å². The fourth-order valence-electron chi connectivity index (χ4n) is 5.49. The Morgan fingerprint density at radius 1 is 1.12 bits per heavy atom. The predicted molar refractivity (Wildman–Crippen MR) is 164 cm³/mol. The Hall–Kier alpha value is -3.53. The fraction of sp³-hybridized carbons (Fsp3) is 0.483. The van der Waals surface area contributed by atoms with E-state index in [4.69, 9.17) is 15.1 Å². The molecule has 0 N–H and O–H groups in total. The molecule has 0 spiro atoms. The number of nitrogens with zero attached hydrogens (tertiary/aromatic N) is 9. The lowest BCUT2D eigenvalue weighted by Crippen LogP contribution is -2.52. The number of nitriles is 1. The fourth-order valence-corrected chi connectivity index (χ4v) is 7.29. The molecule has 2 fully saturated rings. The van der Waals surface area contributed by atoms with E-state index in [0.717, 1.165) is 84.2 Å². The van der Waals surface area contributed by atoms with Gasteiger partial charge in [-0.1, -0.05) is 59.4 Å². The summed E-state index contributed by atoms with van der Waals surface area (Å²) in [5.41, 5.74) is 3.75. The van der Waals surface area contributed by atoms with Gasteiger partial charge in [0.2, 0.25) is 16.0 Å². The molecule has 214 valence electrons. The van der Waals surface area contributed by atoms with Crippen molar-refractivity contribution in [3.63, 3.8) is 0 Å². The SMILES string of the molecule is CCc1nc2sc(N3CCCC(N(C)CC(=O)N4CCC4)C3)nn2c1N(C)c1nc(-c2ccc(C)cc2)c(C#N)s1. The predicted octanol–water partition coefficient (Wildman–Crippen LogP) is 4.56. The van der Waals surface area contributed by atoms with Crippen molar-refractivity contribution in [3.05, 3.63) is 40.4 Å². The molecule has 2 aliphatic heterocycles. The zero-order chi connectivity index (χ0) is 28.7. The maximum atomic E-state index is 12.5. The largest absolute Gasteiger partial charge is 0.345 e. The number of rotatable bonds is 8. The number of thiazole rings is 1.